The highest BCUT2D eigenvalue weighted by Gasteiger charge is 2.39. The second-order valence-corrected chi connectivity index (χ2v) is 11.1. The number of likely N-dealkylation sites (tertiary alicyclic amines) is 1. The Balaban J connectivity index is 2.08. The van der Waals surface area contributed by atoms with Gasteiger partial charge < -0.3 is 20.6 Å². The van der Waals surface area contributed by atoms with Crippen LogP contribution in [0.2, 0.25) is 0 Å². The van der Waals surface area contributed by atoms with Gasteiger partial charge in [0, 0.05) is 36.5 Å². The predicted octanol–water partition coefficient (Wildman–Crippen LogP) is 5.41. The molecule has 3 N–H and O–H groups in total. The molecule has 0 radical (unpaired) electrons. The summed E-state index contributed by atoms with van der Waals surface area (Å²) < 4.78 is 68.1. The molecular weight excluding hydrogens is 545 g/mol. The number of rotatable bonds is 9. The Morgan fingerprint density at radius 1 is 1.26 bits per heavy atom. The van der Waals surface area contributed by atoms with Crippen LogP contribution in [0.3, 0.4) is 0 Å². The van der Waals surface area contributed by atoms with Crippen LogP contribution < -0.4 is 10.6 Å². The number of hydrogen-bond acceptors (Lipinski definition) is 7. The van der Waals surface area contributed by atoms with Crippen molar-refractivity contribution in [1.82, 2.24) is 20.2 Å². The van der Waals surface area contributed by atoms with Gasteiger partial charge in [-0.05, 0) is 52.5 Å². The fourth-order valence-electron chi connectivity index (χ4n) is 4.17. The number of hydrogen-bond donors (Lipinski definition) is 3. The monoisotopic (exact) mass is 577 g/mol. The van der Waals surface area contributed by atoms with Crippen molar-refractivity contribution in [3.8, 4) is 10.4 Å². The number of nitrogens with one attached hydrogen (secondary N) is 2. The van der Waals surface area contributed by atoms with E-state index in [-0.39, 0.29) is 40.1 Å². The van der Waals surface area contributed by atoms with Gasteiger partial charge in [0.15, 0.2) is 5.01 Å². The lowest BCUT2D eigenvalue weighted by Gasteiger charge is -2.33. The van der Waals surface area contributed by atoms with Gasteiger partial charge in [-0.15, -0.1) is 11.3 Å². The first-order valence-corrected chi connectivity index (χ1v) is 13.4. The second-order valence-electron chi connectivity index (χ2n) is 10.1. The Morgan fingerprint density at radius 3 is 2.51 bits per heavy atom. The van der Waals surface area contributed by atoms with E-state index < -0.39 is 47.4 Å². The summed E-state index contributed by atoms with van der Waals surface area (Å²) in [6.45, 7) is 6.41. The maximum atomic E-state index is 14.2. The van der Waals surface area contributed by atoms with Gasteiger partial charge >= 0.3 is 6.18 Å². The number of aromatic nitrogens is 2. The maximum absolute atomic E-state index is 14.2. The lowest BCUT2D eigenvalue weighted by Crippen LogP contribution is -2.42. The van der Waals surface area contributed by atoms with E-state index >= 15 is 0 Å². The fourth-order valence-corrected chi connectivity index (χ4v) is 5.17. The maximum Gasteiger partial charge on any atom is 0.408 e. The average molecular weight is 578 g/mol. The first kappa shape index (κ1) is 30.7. The minimum atomic E-state index is -4.62. The second kappa shape index (κ2) is 12.1. The Labute approximate surface area is 227 Å². The van der Waals surface area contributed by atoms with E-state index in [1.54, 1.807) is 4.90 Å². The number of anilines is 1. The van der Waals surface area contributed by atoms with Gasteiger partial charge in [0.1, 0.15) is 17.6 Å². The number of thiazole rings is 1. The summed E-state index contributed by atoms with van der Waals surface area (Å²) >= 11 is 0.699. The first-order chi connectivity index (χ1) is 18.1. The summed E-state index contributed by atoms with van der Waals surface area (Å²) in [5.41, 5.74) is -2.31. The van der Waals surface area contributed by atoms with Crippen LogP contribution in [0.15, 0.2) is 12.3 Å². The summed E-state index contributed by atoms with van der Waals surface area (Å²) in [5.74, 6) is -1.65. The number of nitrogens with zero attached hydrogens (tertiary/aromatic N) is 3. The van der Waals surface area contributed by atoms with E-state index in [1.165, 1.54) is 20.8 Å². The number of carbonyl (C=O) groups is 2. The molecule has 1 saturated heterocycles. The van der Waals surface area contributed by atoms with Gasteiger partial charge in [-0.3, -0.25) is 9.59 Å². The van der Waals surface area contributed by atoms with Crippen molar-refractivity contribution < 1.29 is 36.6 Å². The van der Waals surface area contributed by atoms with Crippen molar-refractivity contribution in [3.63, 3.8) is 0 Å². The molecule has 0 saturated carbocycles. The van der Waals surface area contributed by atoms with E-state index in [0.717, 1.165) is 31.5 Å². The molecule has 14 heteroatoms. The molecule has 216 valence electrons. The highest BCUT2D eigenvalue weighted by atomic mass is 32.1. The van der Waals surface area contributed by atoms with E-state index in [4.69, 9.17) is 0 Å². The van der Waals surface area contributed by atoms with Crippen LogP contribution in [0.5, 0.6) is 0 Å². The molecule has 39 heavy (non-hydrogen) atoms. The molecule has 2 aromatic heterocycles. The average Bonchev–Trinajstić information content (AvgIpc) is 3.29. The molecule has 1 fully saturated rings. The predicted molar refractivity (Wildman–Crippen MR) is 137 cm³/mol. The SMILES string of the molecule is CC[C@H](Nc1cc(C(F)F)c(-c2sc(C(=O)NCC(C)(C)O)nc2C(=O)N2CCCC[C@@H]2C)cn1)C(F)(F)F. The number of carbonyl (C=O) groups excluding carboxylic acids is 2. The van der Waals surface area contributed by atoms with E-state index in [1.807, 2.05) is 6.92 Å². The molecule has 2 atom stereocenters. The Hall–Kier alpha value is -2.87. The molecule has 3 heterocycles. The summed E-state index contributed by atoms with van der Waals surface area (Å²) in [5, 5.41) is 14.4. The zero-order valence-corrected chi connectivity index (χ0v) is 22.8. The highest BCUT2D eigenvalue weighted by molar-refractivity contribution is 7.17. The standard InChI is InChI=1S/C25H32F5N5O3S/c1-5-16(25(28,29)30)33-17-10-14(20(26)27)15(11-31-17)19-18(23(37)35-9-7-6-8-13(35)2)34-22(39-19)21(36)32-12-24(3,4)38/h10-11,13,16,20,38H,5-9,12H2,1-4H3,(H,31,33)(H,32,36)/t13-,16-/m0/s1. The zero-order chi connectivity index (χ0) is 29.1. The molecular formula is C25H32F5N5O3S. The molecule has 0 aromatic carbocycles. The molecule has 2 amide bonds. The van der Waals surface area contributed by atoms with Crippen molar-refractivity contribution in [2.24, 2.45) is 0 Å². The van der Waals surface area contributed by atoms with Crippen LogP contribution in [0.1, 0.15) is 85.7 Å². The van der Waals surface area contributed by atoms with E-state index in [9.17, 15) is 36.6 Å². The van der Waals surface area contributed by atoms with Gasteiger partial charge in [-0.25, -0.2) is 18.7 Å². The quantitative estimate of drug-likeness (QED) is 0.344. The zero-order valence-electron chi connectivity index (χ0n) is 22.0. The minimum Gasteiger partial charge on any atom is -0.389 e. The first-order valence-electron chi connectivity index (χ1n) is 12.6. The fraction of sp³-hybridized carbons (Fsp3) is 0.600. The molecule has 0 bridgehead atoms. The highest BCUT2D eigenvalue weighted by Crippen LogP contribution is 2.39. The lowest BCUT2D eigenvalue weighted by atomic mass is 10.0. The third-order valence-electron chi connectivity index (χ3n) is 6.31. The molecule has 0 aliphatic carbocycles. The molecule has 0 spiro atoms. The number of aliphatic hydroxyl groups is 1. The molecule has 2 aromatic rings. The van der Waals surface area contributed by atoms with Crippen molar-refractivity contribution in [1.29, 1.82) is 0 Å². The molecule has 8 nitrogen and oxygen atoms in total. The van der Waals surface area contributed by atoms with Crippen molar-refractivity contribution in [2.75, 3.05) is 18.4 Å². The van der Waals surface area contributed by atoms with Crippen LogP contribution in [0.25, 0.3) is 10.4 Å². The van der Waals surface area contributed by atoms with Gasteiger partial charge in [0.05, 0.1) is 10.5 Å². The van der Waals surface area contributed by atoms with Crippen molar-refractivity contribution in [3.05, 3.63) is 28.5 Å². The normalized spacial score (nSPS) is 17.3. The number of amides is 2. The van der Waals surface area contributed by atoms with Crippen LogP contribution in [-0.4, -0.2) is 68.7 Å². The number of halogens is 5. The lowest BCUT2D eigenvalue weighted by molar-refractivity contribution is -0.142. The largest absolute Gasteiger partial charge is 0.408 e. The number of piperidine rings is 1. The third kappa shape index (κ3) is 7.62. The molecule has 1 aliphatic rings. The number of pyridine rings is 1. The summed E-state index contributed by atoms with van der Waals surface area (Å²) in [6, 6.07) is -1.31. The van der Waals surface area contributed by atoms with Crippen molar-refractivity contribution >= 4 is 29.0 Å². The van der Waals surface area contributed by atoms with E-state index in [0.29, 0.717) is 17.9 Å². The van der Waals surface area contributed by atoms with Gasteiger partial charge in [0.25, 0.3) is 18.2 Å². The summed E-state index contributed by atoms with van der Waals surface area (Å²) in [7, 11) is 0. The third-order valence-corrected chi connectivity index (χ3v) is 7.40. The smallest absolute Gasteiger partial charge is 0.389 e. The van der Waals surface area contributed by atoms with Gasteiger partial charge in [0.2, 0.25) is 0 Å². The van der Waals surface area contributed by atoms with Crippen LogP contribution in [0.4, 0.5) is 27.8 Å². The van der Waals surface area contributed by atoms with Crippen molar-refractivity contribution in [2.45, 2.75) is 83.7 Å². The summed E-state index contributed by atoms with van der Waals surface area (Å²) in [6.07, 6.45) is -4.71. The topological polar surface area (TPSA) is 107 Å². The molecule has 1 aliphatic heterocycles. The summed E-state index contributed by atoms with van der Waals surface area (Å²) in [4.78, 5) is 36.0. The molecule has 0 unspecified atom stereocenters. The van der Waals surface area contributed by atoms with Crippen LogP contribution in [0, 0.1) is 0 Å². The Bertz CT molecular complexity index is 1180. The Kier molecular flexibility index (Phi) is 9.52. The number of alkyl halides is 5. The van der Waals surface area contributed by atoms with Gasteiger partial charge in [-0.2, -0.15) is 13.2 Å². The molecule has 3 rings (SSSR count). The van der Waals surface area contributed by atoms with Crippen LogP contribution >= 0.6 is 11.3 Å². The van der Waals surface area contributed by atoms with E-state index in [2.05, 4.69) is 20.6 Å². The Morgan fingerprint density at radius 2 is 1.95 bits per heavy atom. The van der Waals surface area contributed by atoms with Gasteiger partial charge in [-0.1, -0.05) is 6.92 Å². The minimum absolute atomic E-state index is 0.0385. The van der Waals surface area contributed by atoms with Crippen LogP contribution in [-0.2, 0) is 0 Å².